The number of rotatable bonds is 1. The van der Waals surface area contributed by atoms with Gasteiger partial charge in [0.1, 0.15) is 6.07 Å². The molecule has 70 valence electrons. The third kappa shape index (κ3) is 1.42. The van der Waals surface area contributed by atoms with E-state index >= 15 is 0 Å². The molecule has 1 nitrogen and oxygen atoms in total. The maximum Gasteiger partial charge on any atom is 0.100 e. The van der Waals surface area contributed by atoms with Crippen molar-refractivity contribution in [2.24, 2.45) is 0 Å². The fourth-order valence-corrected chi connectivity index (χ4v) is 3.68. The minimum absolute atomic E-state index is 0.648. The van der Waals surface area contributed by atoms with Crippen molar-refractivity contribution < 1.29 is 0 Å². The quantitative estimate of drug-likeness (QED) is 0.602. The number of thioether (sulfide) groups is 1. The van der Waals surface area contributed by atoms with Crippen molar-refractivity contribution in [1.29, 1.82) is 5.26 Å². The molecule has 1 aromatic heterocycles. The van der Waals surface area contributed by atoms with Crippen molar-refractivity contribution in [1.82, 2.24) is 0 Å². The van der Waals surface area contributed by atoms with Crippen LogP contribution >= 0.6 is 35.7 Å². The maximum absolute atomic E-state index is 8.88. The van der Waals surface area contributed by atoms with Crippen LogP contribution in [0.2, 0.25) is 0 Å². The lowest BCUT2D eigenvalue weighted by Gasteiger charge is -2.00. The summed E-state index contributed by atoms with van der Waals surface area (Å²) in [5, 5.41) is 12.1. The highest BCUT2D eigenvalue weighted by molar-refractivity contribution is 7.99. The molecule has 0 N–H and O–H groups in total. The second kappa shape index (κ2) is 3.85. The van der Waals surface area contributed by atoms with Gasteiger partial charge in [0.25, 0.3) is 0 Å². The van der Waals surface area contributed by atoms with E-state index in [4.69, 9.17) is 5.26 Å². The van der Waals surface area contributed by atoms with E-state index in [0.717, 1.165) is 10.3 Å². The summed E-state index contributed by atoms with van der Waals surface area (Å²) in [6, 6.07) is 5.96. The van der Waals surface area contributed by atoms with Gasteiger partial charge in [-0.15, -0.1) is 35.7 Å². The van der Waals surface area contributed by atoms with Gasteiger partial charge >= 0.3 is 0 Å². The summed E-state index contributed by atoms with van der Waals surface area (Å²) in [5.74, 6) is 0. The monoisotopic (exact) mass is 237 g/mol. The molecule has 0 fully saturated rings. The second-order valence-electron chi connectivity index (χ2n) is 2.75. The molecule has 0 saturated heterocycles. The van der Waals surface area contributed by atoms with E-state index in [1.165, 1.54) is 9.60 Å². The van der Waals surface area contributed by atoms with Gasteiger partial charge in [-0.3, -0.25) is 0 Å². The Morgan fingerprint density at radius 2 is 2.29 bits per heavy atom. The van der Waals surface area contributed by atoms with Crippen molar-refractivity contribution >= 4 is 45.8 Å². The smallest absolute Gasteiger partial charge is 0.100 e. The Morgan fingerprint density at radius 3 is 2.93 bits per heavy atom. The molecule has 2 rings (SSSR count). The molecule has 0 spiro atoms. The summed E-state index contributed by atoms with van der Waals surface area (Å²) < 4.78 is 1.19. The van der Waals surface area contributed by atoms with Gasteiger partial charge in [-0.05, 0) is 18.4 Å². The van der Waals surface area contributed by atoms with Crippen LogP contribution in [-0.4, -0.2) is 6.26 Å². The molecule has 0 radical (unpaired) electrons. The van der Waals surface area contributed by atoms with Gasteiger partial charge in [-0.1, -0.05) is 0 Å². The normalized spacial score (nSPS) is 10.4. The number of hydrogen-bond donors (Lipinski definition) is 1. The standard InChI is InChI=1S/C10H7NS3/c1-13-8-5-14-7-3-2-6(4-11)10(12)9(7)8/h2-3,5,12H,1H3. The number of benzene rings is 1. The summed E-state index contributed by atoms with van der Waals surface area (Å²) in [5.41, 5.74) is 0.648. The average molecular weight is 237 g/mol. The third-order valence-corrected chi connectivity index (χ3v) is 4.34. The Balaban J connectivity index is 2.85. The number of thiol groups is 1. The second-order valence-corrected chi connectivity index (χ2v) is 4.96. The van der Waals surface area contributed by atoms with E-state index in [1.54, 1.807) is 23.1 Å². The summed E-state index contributed by atoms with van der Waals surface area (Å²) in [4.78, 5) is 2.00. The van der Waals surface area contributed by atoms with E-state index in [0.29, 0.717) is 5.56 Å². The first-order chi connectivity index (χ1) is 6.77. The lowest BCUT2D eigenvalue weighted by Crippen LogP contribution is -1.78. The Morgan fingerprint density at radius 1 is 1.50 bits per heavy atom. The Kier molecular flexibility index (Phi) is 2.73. The third-order valence-electron chi connectivity index (χ3n) is 2.02. The molecule has 2 aromatic rings. The number of nitrogens with zero attached hydrogens (tertiary/aromatic N) is 1. The highest BCUT2D eigenvalue weighted by Gasteiger charge is 2.09. The van der Waals surface area contributed by atoms with Crippen LogP contribution < -0.4 is 0 Å². The van der Waals surface area contributed by atoms with Gasteiger partial charge in [0.15, 0.2) is 0 Å². The zero-order valence-electron chi connectivity index (χ0n) is 7.44. The molecule has 1 aromatic carbocycles. The molecule has 4 heteroatoms. The average Bonchev–Trinajstić information content (AvgIpc) is 2.62. The van der Waals surface area contributed by atoms with Crippen LogP contribution in [0.3, 0.4) is 0 Å². The number of fused-ring (bicyclic) bond motifs is 1. The molecular weight excluding hydrogens is 230 g/mol. The van der Waals surface area contributed by atoms with Crippen molar-refractivity contribution in [3.05, 3.63) is 23.1 Å². The SMILES string of the molecule is CSc1csc2ccc(C#N)c(S)c12. The van der Waals surface area contributed by atoms with Crippen LogP contribution in [0.25, 0.3) is 10.1 Å². The summed E-state index contributed by atoms with van der Waals surface area (Å²) >= 11 is 7.79. The molecule has 1 heterocycles. The first-order valence-electron chi connectivity index (χ1n) is 3.95. The zero-order valence-corrected chi connectivity index (χ0v) is 9.97. The zero-order chi connectivity index (χ0) is 10.1. The van der Waals surface area contributed by atoms with Crippen LogP contribution in [0, 0.1) is 11.3 Å². The van der Waals surface area contributed by atoms with Crippen molar-refractivity contribution in [2.75, 3.05) is 6.26 Å². The van der Waals surface area contributed by atoms with Crippen LogP contribution in [0.5, 0.6) is 0 Å². The highest BCUT2D eigenvalue weighted by Crippen LogP contribution is 2.37. The lowest BCUT2D eigenvalue weighted by molar-refractivity contribution is 1.41. The maximum atomic E-state index is 8.88. The van der Waals surface area contributed by atoms with E-state index in [-0.39, 0.29) is 0 Å². The summed E-state index contributed by atoms with van der Waals surface area (Å²) in [7, 11) is 0. The van der Waals surface area contributed by atoms with Gasteiger partial charge in [0, 0.05) is 25.3 Å². The molecule has 0 unspecified atom stereocenters. The number of hydrogen-bond acceptors (Lipinski definition) is 4. The first-order valence-corrected chi connectivity index (χ1v) is 6.50. The predicted octanol–water partition coefficient (Wildman–Crippen LogP) is 3.78. The Labute approximate surface area is 96.2 Å². The lowest BCUT2D eigenvalue weighted by atomic mass is 10.2. The van der Waals surface area contributed by atoms with Gasteiger partial charge in [0.2, 0.25) is 0 Å². The molecular formula is C10H7NS3. The number of nitriles is 1. The Bertz CT molecular complexity index is 522. The van der Waals surface area contributed by atoms with Crippen molar-refractivity contribution in [3.63, 3.8) is 0 Å². The molecule has 0 saturated carbocycles. The van der Waals surface area contributed by atoms with Gasteiger partial charge in [0.05, 0.1) is 5.56 Å². The van der Waals surface area contributed by atoms with E-state index in [1.807, 2.05) is 18.4 Å². The molecule has 0 amide bonds. The minimum Gasteiger partial charge on any atom is -0.192 e. The van der Waals surface area contributed by atoms with Gasteiger partial charge in [-0.2, -0.15) is 5.26 Å². The van der Waals surface area contributed by atoms with Gasteiger partial charge < -0.3 is 0 Å². The fourth-order valence-electron chi connectivity index (χ4n) is 1.33. The van der Waals surface area contributed by atoms with Crippen LogP contribution in [-0.2, 0) is 0 Å². The molecule has 0 bridgehead atoms. The highest BCUT2D eigenvalue weighted by atomic mass is 32.2. The van der Waals surface area contributed by atoms with Crippen molar-refractivity contribution in [3.8, 4) is 6.07 Å². The molecule has 0 aliphatic rings. The topological polar surface area (TPSA) is 23.8 Å². The van der Waals surface area contributed by atoms with Crippen LogP contribution in [0.1, 0.15) is 5.56 Å². The van der Waals surface area contributed by atoms with E-state index < -0.39 is 0 Å². The molecule has 14 heavy (non-hydrogen) atoms. The van der Waals surface area contributed by atoms with Crippen molar-refractivity contribution in [2.45, 2.75) is 9.79 Å². The van der Waals surface area contributed by atoms with E-state index in [9.17, 15) is 0 Å². The van der Waals surface area contributed by atoms with Gasteiger partial charge in [-0.25, -0.2) is 0 Å². The molecule has 0 aliphatic heterocycles. The fraction of sp³-hybridized carbons (Fsp3) is 0.100. The molecule has 0 aliphatic carbocycles. The largest absolute Gasteiger partial charge is 0.192 e. The van der Waals surface area contributed by atoms with Crippen LogP contribution in [0.15, 0.2) is 27.3 Å². The first kappa shape index (κ1) is 9.91. The van der Waals surface area contributed by atoms with Crippen LogP contribution in [0.4, 0.5) is 0 Å². The Hall–Kier alpha value is -0.630. The van der Waals surface area contributed by atoms with E-state index in [2.05, 4.69) is 24.1 Å². The number of thiophene rings is 1. The molecule has 0 atom stereocenters. The summed E-state index contributed by atoms with van der Waals surface area (Å²) in [6.45, 7) is 0. The minimum atomic E-state index is 0.648. The summed E-state index contributed by atoms with van der Waals surface area (Å²) in [6.07, 6.45) is 2.04. The predicted molar refractivity (Wildman–Crippen MR) is 65.6 cm³/mol.